The number of carbonyl (C=O) groups excluding carboxylic acids is 1. The Hall–Kier alpha value is -0.470. The highest BCUT2D eigenvalue weighted by Crippen LogP contribution is 2.69. The van der Waals surface area contributed by atoms with Gasteiger partial charge in [0.05, 0.1) is 0 Å². The van der Waals surface area contributed by atoms with E-state index in [0.29, 0.717) is 16.5 Å². The molecule has 0 aliphatic heterocycles. The molecule has 1 fully saturated rings. The molecule has 3 rings (SSSR count). The maximum Gasteiger partial charge on any atom is 0.159 e. The Balaban J connectivity index is 1.98. The Morgan fingerprint density at radius 2 is 1.71 bits per heavy atom. The van der Waals surface area contributed by atoms with Gasteiger partial charge in [-0.25, -0.2) is 0 Å². The predicted octanol–water partition coefficient (Wildman–Crippen LogP) is 6.75. The van der Waals surface area contributed by atoms with Crippen LogP contribution in [-0.2, 0) is 4.79 Å². The fourth-order valence-electron chi connectivity index (χ4n) is 3.69. The van der Waals surface area contributed by atoms with Crippen LogP contribution in [0.25, 0.3) is 0 Å². The van der Waals surface area contributed by atoms with Crippen molar-refractivity contribution in [2.45, 2.75) is 36.9 Å². The van der Waals surface area contributed by atoms with E-state index in [1.54, 1.807) is 6.07 Å². The Morgan fingerprint density at radius 1 is 1.12 bits per heavy atom. The predicted molar refractivity (Wildman–Crippen MR) is 102 cm³/mol. The quantitative estimate of drug-likeness (QED) is 0.402. The minimum atomic E-state index is -0.943. The Morgan fingerprint density at radius 3 is 2.25 bits per heavy atom. The van der Waals surface area contributed by atoms with Gasteiger partial charge >= 0.3 is 0 Å². The van der Waals surface area contributed by atoms with Gasteiger partial charge in [0.2, 0.25) is 0 Å². The molecule has 128 valence electrons. The lowest BCUT2D eigenvalue weighted by Crippen LogP contribution is -2.20. The van der Waals surface area contributed by atoms with Crippen molar-refractivity contribution in [3.8, 4) is 0 Å². The summed E-state index contributed by atoms with van der Waals surface area (Å²) in [7, 11) is 0. The first-order valence-corrected chi connectivity index (χ1v) is 9.36. The monoisotopic (exact) mass is 402 g/mol. The second-order valence-electron chi connectivity index (χ2n) is 6.86. The van der Waals surface area contributed by atoms with Crippen molar-refractivity contribution in [1.82, 2.24) is 0 Å². The summed E-state index contributed by atoms with van der Waals surface area (Å²) < 4.78 is -0.943. The van der Waals surface area contributed by atoms with Gasteiger partial charge in [0.25, 0.3) is 0 Å². The number of carbonyl (C=O) groups is 1. The summed E-state index contributed by atoms with van der Waals surface area (Å²) in [5.74, 6) is 0.104. The van der Waals surface area contributed by atoms with Gasteiger partial charge in [-0.1, -0.05) is 40.9 Å². The molecule has 0 N–H and O–H groups in total. The number of hydrogen-bond donors (Lipinski definition) is 0. The number of ketones is 1. The summed E-state index contributed by atoms with van der Waals surface area (Å²) in [5.41, 5.74) is 3.77. The Labute approximate surface area is 162 Å². The summed E-state index contributed by atoms with van der Waals surface area (Å²) in [6.45, 7) is 7.85. The number of benzene rings is 1. The average Bonchev–Trinajstić information content (AvgIpc) is 3.02. The van der Waals surface area contributed by atoms with E-state index in [2.05, 4.69) is 6.58 Å². The van der Waals surface area contributed by atoms with Crippen LogP contribution in [0.1, 0.15) is 38.2 Å². The van der Waals surface area contributed by atoms with E-state index in [1.165, 1.54) is 0 Å². The van der Waals surface area contributed by atoms with Gasteiger partial charge in [0.1, 0.15) is 4.33 Å². The van der Waals surface area contributed by atoms with Crippen molar-refractivity contribution in [3.05, 3.63) is 57.1 Å². The van der Waals surface area contributed by atoms with E-state index in [-0.39, 0.29) is 23.5 Å². The summed E-state index contributed by atoms with van der Waals surface area (Å²) >= 11 is 25.4. The maximum atomic E-state index is 12.4. The minimum absolute atomic E-state index is 0.0959. The summed E-state index contributed by atoms with van der Waals surface area (Å²) in [4.78, 5) is 12.4. The highest BCUT2D eigenvalue weighted by molar-refractivity contribution is 6.52. The van der Waals surface area contributed by atoms with Crippen molar-refractivity contribution in [2.75, 3.05) is 0 Å². The van der Waals surface area contributed by atoms with Crippen LogP contribution in [0.2, 0.25) is 10.0 Å². The number of halogens is 4. The number of alkyl halides is 2. The molecule has 0 bridgehead atoms. The normalized spacial score (nSPS) is 28.9. The lowest BCUT2D eigenvalue weighted by atomic mass is 9.78. The van der Waals surface area contributed by atoms with Crippen LogP contribution in [0.4, 0.5) is 0 Å². The van der Waals surface area contributed by atoms with Gasteiger partial charge in [0.15, 0.2) is 5.78 Å². The molecule has 2 aliphatic carbocycles. The molecule has 0 amide bonds. The number of hydrogen-bond acceptors (Lipinski definition) is 1. The van der Waals surface area contributed by atoms with Gasteiger partial charge in [-0.05, 0) is 55.5 Å². The molecule has 3 unspecified atom stereocenters. The van der Waals surface area contributed by atoms with Crippen LogP contribution < -0.4 is 0 Å². The SMILES string of the molecule is C=C(C)C1CC(=O)C(C)=C(C2C(c3cc(Cl)cc(Cl)c3)C2(Cl)Cl)C1. The van der Waals surface area contributed by atoms with E-state index in [0.717, 1.165) is 28.7 Å². The van der Waals surface area contributed by atoms with Gasteiger partial charge in [0, 0.05) is 28.3 Å². The average molecular weight is 404 g/mol. The van der Waals surface area contributed by atoms with Crippen LogP contribution in [0.3, 0.4) is 0 Å². The zero-order chi connectivity index (χ0) is 17.8. The van der Waals surface area contributed by atoms with Crippen LogP contribution in [0.5, 0.6) is 0 Å². The van der Waals surface area contributed by atoms with Gasteiger partial charge in [-0.3, -0.25) is 4.79 Å². The van der Waals surface area contributed by atoms with Crippen molar-refractivity contribution >= 4 is 52.2 Å². The highest BCUT2D eigenvalue weighted by atomic mass is 35.5. The second kappa shape index (κ2) is 6.36. The molecule has 0 saturated heterocycles. The van der Waals surface area contributed by atoms with E-state index in [1.807, 2.05) is 26.0 Å². The Kier molecular flexibility index (Phi) is 4.85. The van der Waals surface area contributed by atoms with Gasteiger partial charge in [-0.2, -0.15) is 0 Å². The Bertz CT molecular complexity index is 742. The lowest BCUT2D eigenvalue weighted by Gasteiger charge is -2.26. The maximum absolute atomic E-state index is 12.4. The summed E-state index contributed by atoms with van der Waals surface area (Å²) in [6, 6.07) is 5.36. The number of allylic oxidation sites excluding steroid dienone is 3. The first-order chi connectivity index (χ1) is 11.1. The first-order valence-electron chi connectivity index (χ1n) is 7.85. The fourth-order valence-corrected chi connectivity index (χ4v) is 5.12. The topological polar surface area (TPSA) is 17.1 Å². The molecule has 0 heterocycles. The molecule has 0 aromatic heterocycles. The van der Waals surface area contributed by atoms with Gasteiger partial charge < -0.3 is 0 Å². The van der Waals surface area contributed by atoms with Crippen molar-refractivity contribution in [1.29, 1.82) is 0 Å². The molecule has 3 atom stereocenters. The van der Waals surface area contributed by atoms with E-state index in [4.69, 9.17) is 46.4 Å². The molecule has 1 nitrogen and oxygen atoms in total. The van der Waals surface area contributed by atoms with E-state index < -0.39 is 4.33 Å². The molecule has 0 spiro atoms. The van der Waals surface area contributed by atoms with Crippen LogP contribution in [0.15, 0.2) is 41.5 Å². The molecule has 2 aliphatic rings. The van der Waals surface area contributed by atoms with Crippen LogP contribution in [0, 0.1) is 11.8 Å². The van der Waals surface area contributed by atoms with Crippen molar-refractivity contribution < 1.29 is 4.79 Å². The fraction of sp³-hybridized carbons (Fsp3) is 0.421. The molecule has 5 heteroatoms. The molecule has 1 aromatic rings. The van der Waals surface area contributed by atoms with E-state index >= 15 is 0 Å². The third-order valence-electron chi connectivity index (χ3n) is 5.17. The third kappa shape index (κ3) is 3.17. The summed E-state index contributed by atoms with van der Waals surface area (Å²) in [6.07, 6.45) is 1.30. The standard InChI is InChI=1S/C19H18Cl4O/c1-9(2)11-6-15(10(3)16(24)7-11)18-17(19(18,22)23)12-4-13(20)8-14(21)5-12/h4-5,8,11,17-18H,1,6-7H2,2-3H3. The molecule has 0 radical (unpaired) electrons. The largest absolute Gasteiger partial charge is 0.295 e. The summed E-state index contributed by atoms with van der Waals surface area (Å²) in [5, 5.41) is 1.11. The van der Waals surface area contributed by atoms with Crippen molar-refractivity contribution in [3.63, 3.8) is 0 Å². The lowest BCUT2D eigenvalue weighted by molar-refractivity contribution is -0.116. The zero-order valence-electron chi connectivity index (χ0n) is 13.5. The molecule has 1 saturated carbocycles. The highest BCUT2D eigenvalue weighted by Gasteiger charge is 2.65. The molecular weight excluding hydrogens is 386 g/mol. The van der Waals surface area contributed by atoms with Gasteiger partial charge in [-0.15, -0.1) is 23.2 Å². The molecule has 1 aromatic carbocycles. The first kappa shape index (κ1) is 18.3. The minimum Gasteiger partial charge on any atom is -0.295 e. The molecule has 24 heavy (non-hydrogen) atoms. The smallest absolute Gasteiger partial charge is 0.159 e. The number of Topliss-reactive ketones (excluding diaryl/α,β-unsaturated/α-hetero) is 1. The van der Waals surface area contributed by atoms with Crippen LogP contribution in [-0.4, -0.2) is 10.1 Å². The van der Waals surface area contributed by atoms with Crippen molar-refractivity contribution in [2.24, 2.45) is 11.8 Å². The zero-order valence-corrected chi connectivity index (χ0v) is 16.5. The second-order valence-corrected chi connectivity index (χ2v) is 9.17. The molecular formula is C19H18Cl4O. The third-order valence-corrected chi connectivity index (χ3v) is 6.54. The van der Waals surface area contributed by atoms with Crippen LogP contribution >= 0.6 is 46.4 Å². The number of rotatable bonds is 3. The van der Waals surface area contributed by atoms with E-state index in [9.17, 15) is 4.79 Å².